The Morgan fingerprint density at radius 2 is 1.48 bits per heavy atom. The fourth-order valence-electron chi connectivity index (χ4n) is 4.00. The van der Waals surface area contributed by atoms with Crippen LogP contribution in [0.2, 0.25) is 5.02 Å². The summed E-state index contributed by atoms with van der Waals surface area (Å²) in [6, 6.07) is 6.79. The number of carboxylic acids is 1. The third-order valence-corrected chi connectivity index (χ3v) is 6.04. The third-order valence-electron chi connectivity index (χ3n) is 5.78. The highest BCUT2D eigenvalue weighted by Crippen LogP contribution is 2.16. The number of carbonyl (C=O) groups excluding carboxylic acids is 1. The Bertz CT molecular complexity index is 671. The molecule has 2 heterocycles. The first-order valence-corrected chi connectivity index (χ1v) is 10.8. The molecular formula is C21H31ClN4O3. The molecule has 2 aliphatic heterocycles. The van der Waals surface area contributed by atoms with Gasteiger partial charge in [0.25, 0.3) is 0 Å². The lowest BCUT2D eigenvalue weighted by molar-refractivity contribution is -0.144. The summed E-state index contributed by atoms with van der Waals surface area (Å²) >= 11 is 5.84. The van der Waals surface area contributed by atoms with Gasteiger partial charge in [0.15, 0.2) is 0 Å². The number of hydrogen-bond acceptors (Lipinski definition) is 5. The summed E-state index contributed by atoms with van der Waals surface area (Å²) in [5, 5.41) is 12.9. The number of halogens is 1. The van der Waals surface area contributed by atoms with Crippen molar-refractivity contribution in [2.75, 3.05) is 64.2 Å². The molecule has 0 aliphatic carbocycles. The standard InChI is InChI=1S/C21H31ClN4O3/c22-18-3-5-19(6-4-18)23-20(27)15-17(21(28)29)16-26-13-11-25(12-14-26)10-9-24-7-1-2-8-24/h3-6,17H,1-2,7-16H2,(H,23,27)(H,28,29)/t17-/m0/s1. The van der Waals surface area contributed by atoms with E-state index < -0.39 is 11.9 Å². The molecule has 0 unspecified atom stereocenters. The van der Waals surface area contributed by atoms with E-state index in [2.05, 4.69) is 20.0 Å². The number of anilines is 1. The van der Waals surface area contributed by atoms with Gasteiger partial charge in [-0.2, -0.15) is 0 Å². The molecule has 2 fully saturated rings. The van der Waals surface area contributed by atoms with Crippen LogP contribution in [0.3, 0.4) is 0 Å². The Balaban J connectivity index is 1.40. The number of benzene rings is 1. The maximum absolute atomic E-state index is 12.3. The summed E-state index contributed by atoms with van der Waals surface area (Å²) in [4.78, 5) is 31.1. The molecule has 8 heteroatoms. The lowest BCUT2D eigenvalue weighted by atomic mass is 10.0. The average molecular weight is 423 g/mol. The SMILES string of the molecule is O=C(C[C@@H](CN1CCN(CCN2CCCC2)CC1)C(=O)O)Nc1ccc(Cl)cc1. The summed E-state index contributed by atoms with van der Waals surface area (Å²) in [5.41, 5.74) is 0.621. The van der Waals surface area contributed by atoms with Crippen molar-refractivity contribution in [1.82, 2.24) is 14.7 Å². The highest BCUT2D eigenvalue weighted by atomic mass is 35.5. The highest BCUT2D eigenvalue weighted by Gasteiger charge is 2.26. The third kappa shape index (κ3) is 7.26. The Kier molecular flexibility index (Phi) is 8.29. The van der Waals surface area contributed by atoms with Crippen LogP contribution >= 0.6 is 11.6 Å². The second-order valence-electron chi connectivity index (χ2n) is 7.99. The molecule has 29 heavy (non-hydrogen) atoms. The Labute approximate surface area is 177 Å². The number of hydrogen-bond donors (Lipinski definition) is 2. The maximum atomic E-state index is 12.3. The quantitative estimate of drug-likeness (QED) is 0.634. The fourth-order valence-corrected chi connectivity index (χ4v) is 4.12. The maximum Gasteiger partial charge on any atom is 0.308 e. The van der Waals surface area contributed by atoms with Gasteiger partial charge in [-0.15, -0.1) is 0 Å². The van der Waals surface area contributed by atoms with Crippen molar-refractivity contribution in [3.05, 3.63) is 29.3 Å². The number of rotatable bonds is 9. The predicted molar refractivity (Wildman–Crippen MR) is 114 cm³/mol. The molecule has 0 spiro atoms. The van der Waals surface area contributed by atoms with Crippen LogP contribution in [0.25, 0.3) is 0 Å². The first-order valence-electron chi connectivity index (χ1n) is 10.4. The minimum atomic E-state index is -0.923. The number of nitrogens with one attached hydrogen (secondary N) is 1. The molecule has 1 atom stereocenters. The molecule has 2 saturated heterocycles. The second kappa shape index (κ2) is 10.9. The van der Waals surface area contributed by atoms with Gasteiger partial charge in [-0.25, -0.2) is 0 Å². The molecule has 0 saturated carbocycles. The number of likely N-dealkylation sites (tertiary alicyclic amines) is 1. The number of carbonyl (C=O) groups is 2. The van der Waals surface area contributed by atoms with Crippen molar-refractivity contribution in [2.45, 2.75) is 19.3 Å². The van der Waals surface area contributed by atoms with Crippen LogP contribution in [0.15, 0.2) is 24.3 Å². The van der Waals surface area contributed by atoms with Crippen molar-refractivity contribution >= 4 is 29.2 Å². The second-order valence-corrected chi connectivity index (χ2v) is 8.42. The molecular weight excluding hydrogens is 392 g/mol. The van der Waals surface area contributed by atoms with Crippen LogP contribution in [-0.2, 0) is 9.59 Å². The van der Waals surface area contributed by atoms with Crippen LogP contribution in [0.1, 0.15) is 19.3 Å². The van der Waals surface area contributed by atoms with Crippen molar-refractivity contribution < 1.29 is 14.7 Å². The van der Waals surface area contributed by atoms with E-state index in [1.807, 2.05) is 0 Å². The Hall–Kier alpha value is -1.67. The first-order chi connectivity index (χ1) is 14.0. The summed E-state index contributed by atoms with van der Waals surface area (Å²) < 4.78 is 0. The van der Waals surface area contributed by atoms with Gasteiger partial charge in [0.05, 0.1) is 5.92 Å². The van der Waals surface area contributed by atoms with E-state index in [9.17, 15) is 14.7 Å². The van der Waals surface area contributed by atoms with Crippen LogP contribution < -0.4 is 5.32 Å². The van der Waals surface area contributed by atoms with E-state index in [0.717, 1.165) is 39.3 Å². The largest absolute Gasteiger partial charge is 0.481 e. The van der Waals surface area contributed by atoms with Crippen LogP contribution in [0, 0.1) is 5.92 Å². The van der Waals surface area contributed by atoms with Gasteiger partial charge in [-0.3, -0.25) is 19.4 Å². The molecule has 1 aromatic rings. The lowest BCUT2D eigenvalue weighted by Crippen LogP contribution is -2.50. The topological polar surface area (TPSA) is 76.1 Å². The van der Waals surface area contributed by atoms with Gasteiger partial charge in [0, 0.05) is 62.9 Å². The highest BCUT2D eigenvalue weighted by molar-refractivity contribution is 6.30. The van der Waals surface area contributed by atoms with E-state index in [1.54, 1.807) is 24.3 Å². The number of piperazine rings is 1. The summed E-state index contributed by atoms with van der Waals surface area (Å²) in [6.45, 7) is 8.67. The van der Waals surface area contributed by atoms with E-state index in [-0.39, 0.29) is 12.3 Å². The Morgan fingerprint density at radius 1 is 0.931 bits per heavy atom. The molecule has 7 nitrogen and oxygen atoms in total. The van der Waals surface area contributed by atoms with Crippen molar-refractivity contribution in [1.29, 1.82) is 0 Å². The molecule has 0 radical (unpaired) electrons. The molecule has 2 N–H and O–H groups in total. The first kappa shape index (κ1) is 22.0. The Morgan fingerprint density at radius 3 is 2.07 bits per heavy atom. The van der Waals surface area contributed by atoms with Crippen molar-refractivity contribution in [2.24, 2.45) is 5.92 Å². The van der Waals surface area contributed by atoms with Crippen molar-refractivity contribution in [3.8, 4) is 0 Å². The molecule has 1 amide bonds. The molecule has 0 bridgehead atoms. The lowest BCUT2D eigenvalue weighted by Gasteiger charge is -2.36. The zero-order valence-electron chi connectivity index (χ0n) is 16.9. The monoisotopic (exact) mass is 422 g/mol. The van der Waals surface area contributed by atoms with Gasteiger partial charge >= 0.3 is 5.97 Å². The number of aliphatic carboxylic acids is 1. The molecule has 2 aliphatic rings. The van der Waals surface area contributed by atoms with E-state index in [0.29, 0.717) is 17.3 Å². The van der Waals surface area contributed by atoms with Crippen LogP contribution in [-0.4, -0.2) is 90.6 Å². The fraction of sp³-hybridized carbons (Fsp3) is 0.619. The smallest absolute Gasteiger partial charge is 0.308 e. The number of nitrogens with zero attached hydrogens (tertiary/aromatic N) is 3. The average Bonchev–Trinajstić information content (AvgIpc) is 3.22. The van der Waals surface area contributed by atoms with Crippen molar-refractivity contribution in [3.63, 3.8) is 0 Å². The van der Waals surface area contributed by atoms with E-state index >= 15 is 0 Å². The normalized spacial score (nSPS) is 19.9. The van der Waals surface area contributed by atoms with Crippen LogP contribution in [0.5, 0.6) is 0 Å². The van der Waals surface area contributed by atoms with Crippen LogP contribution in [0.4, 0.5) is 5.69 Å². The summed E-state index contributed by atoms with van der Waals surface area (Å²) in [5.74, 6) is -1.92. The van der Waals surface area contributed by atoms with E-state index in [1.165, 1.54) is 25.9 Å². The minimum Gasteiger partial charge on any atom is -0.481 e. The molecule has 0 aromatic heterocycles. The summed E-state index contributed by atoms with van der Waals surface area (Å²) in [6.07, 6.45) is 2.60. The van der Waals surface area contributed by atoms with Gasteiger partial charge in [0.2, 0.25) is 5.91 Å². The van der Waals surface area contributed by atoms with Gasteiger partial charge in [-0.1, -0.05) is 11.6 Å². The van der Waals surface area contributed by atoms with Gasteiger partial charge in [-0.05, 0) is 50.2 Å². The summed E-state index contributed by atoms with van der Waals surface area (Å²) in [7, 11) is 0. The molecule has 1 aromatic carbocycles. The molecule has 160 valence electrons. The van der Waals surface area contributed by atoms with Gasteiger partial charge < -0.3 is 15.3 Å². The number of carboxylic acid groups (broad SMARTS) is 1. The zero-order chi connectivity index (χ0) is 20.6. The predicted octanol–water partition coefficient (Wildman–Crippen LogP) is 2.08. The molecule has 3 rings (SSSR count). The number of amides is 1. The minimum absolute atomic E-state index is 0.0346. The zero-order valence-corrected chi connectivity index (χ0v) is 17.6. The van der Waals surface area contributed by atoms with E-state index in [4.69, 9.17) is 11.6 Å². The van der Waals surface area contributed by atoms with Gasteiger partial charge in [0.1, 0.15) is 0 Å².